The summed E-state index contributed by atoms with van der Waals surface area (Å²) < 4.78 is 2.35. The van der Waals surface area contributed by atoms with Crippen LogP contribution >= 0.6 is 0 Å². The molecule has 122 valence electrons. The topological polar surface area (TPSA) is 71.0 Å². The first-order valence-electron chi connectivity index (χ1n) is 7.74. The van der Waals surface area contributed by atoms with Gasteiger partial charge in [0, 0.05) is 27.2 Å². The normalized spacial score (nSPS) is 14.2. The fraction of sp³-hybridized carbons (Fsp3) is 0.278. The minimum Gasteiger partial charge on any atom is -0.353 e. The van der Waals surface area contributed by atoms with Crippen molar-refractivity contribution in [1.29, 1.82) is 5.26 Å². The zero-order chi connectivity index (χ0) is 17.3. The molecule has 0 spiro atoms. The van der Waals surface area contributed by atoms with E-state index in [1.54, 1.807) is 7.05 Å². The number of benzene rings is 1. The van der Waals surface area contributed by atoms with Crippen molar-refractivity contribution in [3.8, 4) is 6.07 Å². The second-order valence-corrected chi connectivity index (χ2v) is 5.81. The molecule has 0 atom stereocenters. The van der Waals surface area contributed by atoms with Gasteiger partial charge in [-0.1, -0.05) is 36.4 Å². The monoisotopic (exact) mass is 322 g/mol. The molecule has 6 heteroatoms. The highest BCUT2D eigenvalue weighted by Gasteiger charge is 2.22. The van der Waals surface area contributed by atoms with E-state index in [0.29, 0.717) is 18.9 Å². The minimum absolute atomic E-state index is 0.0103. The zero-order valence-electron chi connectivity index (χ0n) is 13.7. The first-order valence-corrected chi connectivity index (χ1v) is 7.74. The maximum atomic E-state index is 12.2. The summed E-state index contributed by atoms with van der Waals surface area (Å²) in [6, 6.07) is 12.1. The molecule has 3 rings (SSSR count). The molecule has 0 radical (unpaired) electrons. The van der Waals surface area contributed by atoms with E-state index in [1.165, 1.54) is 22.8 Å². The van der Waals surface area contributed by atoms with Crippen LogP contribution in [0.25, 0.3) is 5.57 Å². The molecule has 1 aliphatic heterocycles. The molecule has 0 N–H and O–H groups in total. The standard InChI is InChI=1S/C18H18N4O2/c1-20-16(15(12-19)17(23)21(2)18(20)24)22-10-8-14(9-11-22)13-6-4-3-5-7-13/h3-8H,9-11H2,1-2H3. The van der Waals surface area contributed by atoms with Gasteiger partial charge in [0.05, 0.1) is 0 Å². The first-order chi connectivity index (χ1) is 11.5. The van der Waals surface area contributed by atoms with Gasteiger partial charge in [-0.3, -0.25) is 13.9 Å². The van der Waals surface area contributed by atoms with Crippen molar-refractivity contribution in [3.63, 3.8) is 0 Å². The summed E-state index contributed by atoms with van der Waals surface area (Å²) in [6.45, 7) is 1.20. The maximum Gasteiger partial charge on any atom is 0.332 e. The molecule has 0 unspecified atom stereocenters. The van der Waals surface area contributed by atoms with Crippen molar-refractivity contribution in [2.24, 2.45) is 14.1 Å². The Morgan fingerprint density at radius 2 is 1.79 bits per heavy atom. The van der Waals surface area contributed by atoms with Gasteiger partial charge in [0.2, 0.25) is 0 Å². The summed E-state index contributed by atoms with van der Waals surface area (Å²) in [5, 5.41) is 9.38. The Balaban J connectivity index is 2.01. The van der Waals surface area contributed by atoms with Gasteiger partial charge in [-0.25, -0.2) is 4.79 Å². The van der Waals surface area contributed by atoms with Crippen LogP contribution in [-0.2, 0) is 14.1 Å². The summed E-state index contributed by atoms with van der Waals surface area (Å²) in [6.07, 6.45) is 2.88. The molecule has 0 bridgehead atoms. The van der Waals surface area contributed by atoms with Crippen molar-refractivity contribution in [1.82, 2.24) is 9.13 Å². The average Bonchev–Trinajstić information content (AvgIpc) is 2.63. The Labute approximate surface area is 139 Å². The molecular weight excluding hydrogens is 304 g/mol. The van der Waals surface area contributed by atoms with E-state index in [-0.39, 0.29) is 5.56 Å². The molecule has 0 saturated heterocycles. The SMILES string of the molecule is Cn1c(N2CC=C(c3ccccc3)CC2)c(C#N)c(=O)n(C)c1=O. The van der Waals surface area contributed by atoms with Gasteiger partial charge in [0.15, 0.2) is 5.56 Å². The van der Waals surface area contributed by atoms with Crippen LogP contribution in [0.4, 0.5) is 5.82 Å². The third-order valence-electron chi connectivity index (χ3n) is 4.40. The number of rotatable bonds is 2. The number of anilines is 1. The van der Waals surface area contributed by atoms with E-state index in [1.807, 2.05) is 29.2 Å². The second kappa shape index (κ2) is 6.20. The molecule has 0 fully saturated rings. The highest BCUT2D eigenvalue weighted by molar-refractivity contribution is 5.69. The lowest BCUT2D eigenvalue weighted by Gasteiger charge is -2.30. The number of hydrogen-bond donors (Lipinski definition) is 0. The third-order valence-corrected chi connectivity index (χ3v) is 4.40. The van der Waals surface area contributed by atoms with Crippen LogP contribution in [0.3, 0.4) is 0 Å². The van der Waals surface area contributed by atoms with E-state index in [4.69, 9.17) is 0 Å². The summed E-state index contributed by atoms with van der Waals surface area (Å²) in [7, 11) is 2.98. The second-order valence-electron chi connectivity index (χ2n) is 5.81. The van der Waals surface area contributed by atoms with Gasteiger partial charge < -0.3 is 4.90 Å². The third kappa shape index (κ3) is 2.54. The highest BCUT2D eigenvalue weighted by Crippen LogP contribution is 2.25. The largest absolute Gasteiger partial charge is 0.353 e. The molecular formula is C18H18N4O2. The van der Waals surface area contributed by atoms with Crippen LogP contribution in [0.5, 0.6) is 0 Å². The molecule has 2 heterocycles. The molecule has 1 aromatic carbocycles. The van der Waals surface area contributed by atoms with Gasteiger partial charge in [-0.15, -0.1) is 0 Å². The van der Waals surface area contributed by atoms with E-state index in [0.717, 1.165) is 11.0 Å². The number of hydrogen-bond acceptors (Lipinski definition) is 4. The minimum atomic E-state index is -0.548. The maximum absolute atomic E-state index is 12.2. The van der Waals surface area contributed by atoms with E-state index in [9.17, 15) is 14.9 Å². The van der Waals surface area contributed by atoms with Crippen LogP contribution in [0.2, 0.25) is 0 Å². The molecule has 0 saturated carbocycles. The number of aromatic nitrogens is 2. The lowest BCUT2D eigenvalue weighted by molar-refractivity contribution is 0.659. The average molecular weight is 322 g/mol. The zero-order valence-corrected chi connectivity index (χ0v) is 13.7. The van der Waals surface area contributed by atoms with Gasteiger partial charge in [0.1, 0.15) is 11.9 Å². The lowest BCUT2D eigenvalue weighted by Crippen LogP contribution is -2.43. The lowest BCUT2D eigenvalue weighted by atomic mass is 9.99. The van der Waals surface area contributed by atoms with Crippen molar-refractivity contribution in [2.75, 3.05) is 18.0 Å². The van der Waals surface area contributed by atoms with Gasteiger partial charge >= 0.3 is 5.69 Å². The van der Waals surface area contributed by atoms with Gasteiger partial charge in [-0.05, 0) is 17.6 Å². The molecule has 24 heavy (non-hydrogen) atoms. The van der Waals surface area contributed by atoms with Crippen molar-refractivity contribution in [3.05, 3.63) is 68.4 Å². The van der Waals surface area contributed by atoms with E-state index >= 15 is 0 Å². The number of nitrogens with zero attached hydrogens (tertiary/aromatic N) is 4. The van der Waals surface area contributed by atoms with Crippen LogP contribution in [0.1, 0.15) is 17.5 Å². The predicted octanol–water partition coefficient (Wildman–Crippen LogP) is 1.25. The van der Waals surface area contributed by atoms with Crippen LogP contribution in [0.15, 0.2) is 46.0 Å². The van der Waals surface area contributed by atoms with Crippen molar-refractivity contribution >= 4 is 11.4 Å². The summed E-state index contributed by atoms with van der Waals surface area (Å²) >= 11 is 0. The van der Waals surface area contributed by atoms with Gasteiger partial charge in [0.25, 0.3) is 5.56 Å². The molecule has 0 amide bonds. The first kappa shape index (κ1) is 15.8. The van der Waals surface area contributed by atoms with Crippen molar-refractivity contribution in [2.45, 2.75) is 6.42 Å². The fourth-order valence-corrected chi connectivity index (χ4v) is 3.08. The van der Waals surface area contributed by atoms with E-state index in [2.05, 4.69) is 18.2 Å². The van der Waals surface area contributed by atoms with Crippen molar-refractivity contribution < 1.29 is 0 Å². The summed E-state index contributed by atoms with van der Waals surface area (Å²) in [5.74, 6) is 0.397. The fourth-order valence-electron chi connectivity index (χ4n) is 3.08. The molecule has 1 aromatic heterocycles. The molecule has 1 aliphatic rings. The van der Waals surface area contributed by atoms with Gasteiger partial charge in [-0.2, -0.15) is 5.26 Å². The Bertz CT molecular complexity index is 961. The summed E-state index contributed by atoms with van der Waals surface area (Å²) in [5.41, 5.74) is 1.45. The quantitative estimate of drug-likeness (QED) is 0.834. The molecule has 0 aliphatic carbocycles. The van der Waals surface area contributed by atoms with E-state index < -0.39 is 11.2 Å². The van der Waals surface area contributed by atoms with Crippen LogP contribution < -0.4 is 16.1 Å². The predicted molar refractivity (Wildman–Crippen MR) is 92.9 cm³/mol. The number of nitriles is 1. The van der Waals surface area contributed by atoms with Crippen LogP contribution in [-0.4, -0.2) is 22.2 Å². The molecule has 2 aromatic rings. The Morgan fingerprint density at radius 1 is 1.08 bits per heavy atom. The molecule has 6 nitrogen and oxygen atoms in total. The highest BCUT2D eigenvalue weighted by atomic mass is 16.2. The Kier molecular flexibility index (Phi) is 4.09. The Morgan fingerprint density at radius 3 is 2.38 bits per heavy atom. The van der Waals surface area contributed by atoms with Crippen LogP contribution in [0, 0.1) is 11.3 Å². The smallest absolute Gasteiger partial charge is 0.332 e. The Hall–Kier alpha value is -3.07. The summed E-state index contributed by atoms with van der Waals surface area (Å²) in [4.78, 5) is 26.3.